The summed E-state index contributed by atoms with van der Waals surface area (Å²) in [4.78, 5) is 12.4. The van der Waals surface area contributed by atoms with Crippen LogP contribution in [0.3, 0.4) is 0 Å². The predicted octanol–water partition coefficient (Wildman–Crippen LogP) is 14.2. The molecule has 0 radical (unpaired) electrons. The molecule has 2 atom stereocenters. The Bertz CT molecular complexity index is 680. The van der Waals surface area contributed by atoms with Crippen molar-refractivity contribution >= 4 is 5.91 Å². The molecule has 1 amide bonds. The molecule has 0 aromatic rings. The van der Waals surface area contributed by atoms with Crippen LogP contribution in [0.15, 0.2) is 12.2 Å². The van der Waals surface area contributed by atoms with Crippen molar-refractivity contribution in [2.45, 2.75) is 270 Å². The molecule has 0 aromatic heterocycles. The summed E-state index contributed by atoms with van der Waals surface area (Å²) in [7, 11) is 0. The van der Waals surface area contributed by atoms with Crippen molar-refractivity contribution in [1.82, 2.24) is 5.32 Å². The fourth-order valence-electron chi connectivity index (χ4n) is 7.24. The van der Waals surface area contributed by atoms with Gasteiger partial charge in [0.05, 0.1) is 18.8 Å². The maximum absolute atomic E-state index is 12.4. The highest BCUT2D eigenvalue weighted by molar-refractivity contribution is 5.76. The van der Waals surface area contributed by atoms with E-state index in [1.54, 1.807) is 0 Å². The molecule has 2 unspecified atom stereocenters. The molecule has 0 saturated heterocycles. The first-order valence-electron chi connectivity index (χ1n) is 22.9. The topological polar surface area (TPSA) is 69.6 Å². The third-order valence-electron chi connectivity index (χ3n) is 10.8. The number of amides is 1. The smallest absolute Gasteiger partial charge is 0.220 e. The van der Waals surface area contributed by atoms with E-state index >= 15 is 0 Å². The molecule has 0 rings (SSSR count). The van der Waals surface area contributed by atoms with E-state index in [9.17, 15) is 15.0 Å². The second-order valence-electron chi connectivity index (χ2n) is 15.8. The molecule has 0 heterocycles. The molecule has 0 fully saturated rings. The molecule has 4 nitrogen and oxygen atoms in total. The number of hydrogen-bond acceptors (Lipinski definition) is 3. The number of rotatable bonds is 42. The van der Waals surface area contributed by atoms with E-state index in [1.807, 2.05) is 0 Å². The lowest BCUT2D eigenvalue weighted by molar-refractivity contribution is -0.123. The molecular formula is C46H91NO3. The minimum atomic E-state index is -0.656. The van der Waals surface area contributed by atoms with Gasteiger partial charge in [-0.25, -0.2) is 0 Å². The molecule has 4 heteroatoms. The van der Waals surface area contributed by atoms with Crippen LogP contribution in [0.4, 0.5) is 0 Å². The summed E-state index contributed by atoms with van der Waals surface area (Å²) in [6.45, 7) is 4.37. The van der Waals surface area contributed by atoms with Crippen LogP contribution in [-0.4, -0.2) is 34.9 Å². The molecule has 0 aliphatic carbocycles. The molecule has 50 heavy (non-hydrogen) atoms. The Balaban J connectivity index is 3.46. The Hall–Kier alpha value is -0.870. The van der Waals surface area contributed by atoms with Gasteiger partial charge in [0.25, 0.3) is 0 Å². The van der Waals surface area contributed by atoms with Gasteiger partial charge in [0.1, 0.15) is 0 Å². The molecule has 0 aliphatic rings. The summed E-state index contributed by atoms with van der Waals surface area (Å²) in [5, 5.41) is 23.1. The van der Waals surface area contributed by atoms with E-state index in [2.05, 4.69) is 31.3 Å². The normalized spacial score (nSPS) is 13.0. The Kier molecular flexibility index (Phi) is 41.8. The van der Waals surface area contributed by atoms with Crippen LogP contribution in [0, 0.1) is 0 Å². The van der Waals surface area contributed by atoms with Gasteiger partial charge in [0.15, 0.2) is 0 Å². The minimum Gasteiger partial charge on any atom is -0.394 e. The highest BCUT2D eigenvalue weighted by Gasteiger charge is 2.20. The second kappa shape index (κ2) is 42.5. The number of nitrogens with one attached hydrogen (secondary N) is 1. The summed E-state index contributed by atoms with van der Waals surface area (Å²) in [6.07, 6.45) is 53.0. The quantitative estimate of drug-likeness (QED) is 0.0437. The zero-order chi connectivity index (χ0) is 36.4. The van der Waals surface area contributed by atoms with Crippen LogP contribution >= 0.6 is 0 Å². The summed E-state index contributed by atoms with van der Waals surface area (Å²) in [6, 6.07) is -0.533. The highest BCUT2D eigenvalue weighted by atomic mass is 16.3. The fourth-order valence-corrected chi connectivity index (χ4v) is 7.24. The largest absolute Gasteiger partial charge is 0.394 e. The molecule has 3 N–H and O–H groups in total. The Morgan fingerprint density at radius 2 is 0.760 bits per heavy atom. The number of aliphatic hydroxyl groups excluding tert-OH is 2. The monoisotopic (exact) mass is 706 g/mol. The number of unbranched alkanes of at least 4 members (excludes halogenated alkanes) is 33. The van der Waals surface area contributed by atoms with Gasteiger partial charge in [0, 0.05) is 6.42 Å². The average molecular weight is 706 g/mol. The van der Waals surface area contributed by atoms with Gasteiger partial charge in [-0.2, -0.15) is 0 Å². The van der Waals surface area contributed by atoms with Crippen LogP contribution in [0.2, 0.25) is 0 Å². The number of carbonyl (C=O) groups excluding carboxylic acids is 1. The number of carbonyl (C=O) groups is 1. The van der Waals surface area contributed by atoms with E-state index in [-0.39, 0.29) is 12.5 Å². The van der Waals surface area contributed by atoms with Crippen molar-refractivity contribution < 1.29 is 15.0 Å². The Morgan fingerprint density at radius 3 is 1.10 bits per heavy atom. The maximum atomic E-state index is 12.4. The maximum Gasteiger partial charge on any atom is 0.220 e. The van der Waals surface area contributed by atoms with E-state index in [4.69, 9.17) is 0 Å². The lowest BCUT2D eigenvalue weighted by atomic mass is 10.0. The average Bonchev–Trinajstić information content (AvgIpc) is 3.12. The minimum absolute atomic E-state index is 0.0309. The third-order valence-corrected chi connectivity index (χ3v) is 10.8. The summed E-state index contributed by atoms with van der Waals surface area (Å²) < 4.78 is 0. The van der Waals surface area contributed by atoms with E-state index < -0.39 is 12.1 Å². The van der Waals surface area contributed by atoms with Crippen LogP contribution in [0.25, 0.3) is 0 Å². The first-order chi connectivity index (χ1) is 24.7. The van der Waals surface area contributed by atoms with Gasteiger partial charge in [-0.05, 0) is 38.5 Å². The van der Waals surface area contributed by atoms with Gasteiger partial charge in [0.2, 0.25) is 5.91 Å². The summed E-state index contributed by atoms with van der Waals surface area (Å²) in [5.41, 5.74) is 0. The Labute approximate surface area is 314 Å². The van der Waals surface area contributed by atoms with Crippen molar-refractivity contribution in [2.75, 3.05) is 6.61 Å². The van der Waals surface area contributed by atoms with E-state index in [0.29, 0.717) is 12.8 Å². The molecule has 0 spiro atoms. The van der Waals surface area contributed by atoms with Crippen LogP contribution in [-0.2, 0) is 4.79 Å². The van der Waals surface area contributed by atoms with E-state index in [0.717, 1.165) is 25.7 Å². The number of aliphatic hydroxyl groups is 2. The van der Waals surface area contributed by atoms with Crippen molar-refractivity contribution in [3.63, 3.8) is 0 Å². The molecule has 0 aliphatic heterocycles. The molecule has 0 aromatic carbocycles. The second-order valence-corrected chi connectivity index (χ2v) is 15.8. The van der Waals surface area contributed by atoms with Gasteiger partial charge >= 0.3 is 0 Å². The predicted molar refractivity (Wildman–Crippen MR) is 221 cm³/mol. The van der Waals surface area contributed by atoms with E-state index in [1.165, 1.54) is 205 Å². The molecule has 298 valence electrons. The van der Waals surface area contributed by atoms with Gasteiger partial charge in [-0.1, -0.05) is 225 Å². The zero-order valence-electron chi connectivity index (χ0n) is 34.2. The molecular weight excluding hydrogens is 615 g/mol. The SMILES string of the molecule is CCCCCCCCCCCCCC/C=C\CCCCCCCCCCCC(=O)NC(CO)C(O)CCCCCCCCCCCCCCC. The summed E-state index contributed by atoms with van der Waals surface area (Å²) in [5.74, 6) is -0.0309. The van der Waals surface area contributed by atoms with Crippen LogP contribution in [0.5, 0.6) is 0 Å². The third kappa shape index (κ3) is 38.4. The van der Waals surface area contributed by atoms with Gasteiger partial charge < -0.3 is 15.5 Å². The standard InChI is InChI=1S/C46H91NO3/c1-3-5-7-9-11-13-15-17-18-19-20-21-22-23-24-25-26-27-28-30-32-34-36-38-40-42-46(50)47-44(43-48)45(49)41-39-37-35-33-31-29-16-14-12-10-8-6-4-2/h23-24,44-45,48-49H,3-22,25-43H2,1-2H3,(H,47,50)/b24-23-. The van der Waals surface area contributed by atoms with Gasteiger partial charge in [-0.3, -0.25) is 4.79 Å². The van der Waals surface area contributed by atoms with Crippen LogP contribution < -0.4 is 5.32 Å². The van der Waals surface area contributed by atoms with Crippen molar-refractivity contribution in [3.05, 3.63) is 12.2 Å². The first-order valence-corrected chi connectivity index (χ1v) is 22.9. The van der Waals surface area contributed by atoms with Crippen LogP contribution in [0.1, 0.15) is 258 Å². The number of hydrogen-bond donors (Lipinski definition) is 3. The first kappa shape index (κ1) is 49.1. The van der Waals surface area contributed by atoms with Crippen molar-refractivity contribution in [3.8, 4) is 0 Å². The van der Waals surface area contributed by atoms with Gasteiger partial charge in [-0.15, -0.1) is 0 Å². The number of allylic oxidation sites excluding steroid dienone is 2. The fraction of sp³-hybridized carbons (Fsp3) is 0.935. The Morgan fingerprint density at radius 1 is 0.460 bits per heavy atom. The van der Waals surface area contributed by atoms with Crippen molar-refractivity contribution in [1.29, 1.82) is 0 Å². The highest BCUT2D eigenvalue weighted by Crippen LogP contribution is 2.16. The zero-order valence-corrected chi connectivity index (χ0v) is 34.2. The molecule has 0 saturated carbocycles. The molecule has 0 bridgehead atoms. The summed E-state index contributed by atoms with van der Waals surface area (Å²) >= 11 is 0. The van der Waals surface area contributed by atoms with Crippen molar-refractivity contribution in [2.24, 2.45) is 0 Å². The lowest BCUT2D eigenvalue weighted by Gasteiger charge is -2.22. The lowest BCUT2D eigenvalue weighted by Crippen LogP contribution is -2.45.